The van der Waals surface area contributed by atoms with Crippen LogP contribution >= 0.6 is 0 Å². The maximum Gasteiger partial charge on any atom is 0.224 e. The number of benzene rings is 2. The van der Waals surface area contributed by atoms with Crippen LogP contribution in [0.25, 0.3) is 0 Å². The molecular weight excluding hydrogens is 272 g/mol. The van der Waals surface area contributed by atoms with Gasteiger partial charge in [0.15, 0.2) is 0 Å². The fraction of sp³-hybridized carbons (Fsp3) is 0.316. The summed E-state index contributed by atoms with van der Waals surface area (Å²) in [6.45, 7) is 6.21. The van der Waals surface area contributed by atoms with Crippen LogP contribution in [0.2, 0.25) is 0 Å². The Kier molecular flexibility index (Phi) is 4.86. The Morgan fingerprint density at radius 1 is 1.09 bits per heavy atom. The standard InChI is InChI=1S/C19H24N2O/c1-14-6-4-5-7-16(14)13-19(2,3)21-18(22)12-15-8-10-17(20)11-9-15/h4-11H,12-13,20H2,1-3H3,(H,21,22). The molecule has 0 aliphatic rings. The number of anilines is 1. The third kappa shape index (κ3) is 4.62. The predicted octanol–water partition coefficient (Wildman–Crippen LogP) is 3.26. The Hall–Kier alpha value is -2.29. The van der Waals surface area contributed by atoms with Gasteiger partial charge in [0.2, 0.25) is 5.91 Å². The van der Waals surface area contributed by atoms with Crippen molar-refractivity contribution in [1.82, 2.24) is 5.32 Å². The van der Waals surface area contributed by atoms with Crippen molar-refractivity contribution < 1.29 is 4.79 Å². The van der Waals surface area contributed by atoms with E-state index in [2.05, 4.69) is 38.2 Å². The van der Waals surface area contributed by atoms with Crippen molar-refractivity contribution in [2.24, 2.45) is 0 Å². The molecule has 0 saturated carbocycles. The first kappa shape index (κ1) is 16.1. The first-order valence-electron chi connectivity index (χ1n) is 7.56. The van der Waals surface area contributed by atoms with E-state index in [0.29, 0.717) is 12.1 Å². The van der Waals surface area contributed by atoms with Gasteiger partial charge in [-0.1, -0.05) is 36.4 Å². The fourth-order valence-corrected chi connectivity index (χ4v) is 2.57. The fourth-order valence-electron chi connectivity index (χ4n) is 2.57. The monoisotopic (exact) mass is 296 g/mol. The van der Waals surface area contributed by atoms with Crippen molar-refractivity contribution in [2.45, 2.75) is 39.2 Å². The van der Waals surface area contributed by atoms with Crippen molar-refractivity contribution in [2.75, 3.05) is 5.73 Å². The second-order valence-corrected chi connectivity index (χ2v) is 6.45. The van der Waals surface area contributed by atoms with Crippen molar-refractivity contribution in [3.63, 3.8) is 0 Å². The van der Waals surface area contributed by atoms with E-state index in [0.717, 1.165) is 12.0 Å². The van der Waals surface area contributed by atoms with Crippen molar-refractivity contribution in [3.05, 3.63) is 65.2 Å². The molecule has 0 atom stereocenters. The zero-order valence-corrected chi connectivity index (χ0v) is 13.5. The van der Waals surface area contributed by atoms with Gasteiger partial charge in [0.1, 0.15) is 0 Å². The van der Waals surface area contributed by atoms with Crippen LogP contribution in [-0.4, -0.2) is 11.4 Å². The summed E-state index contributed by atoms with van der Waals surface area (Å²) in [5.74, 6) is 0.0309. The van der Waals surface area contributed by atoms with Gasteiger partial charge in [-0.2, -0.15) is 0 Å². The molecule has 0 aliphatic carbocycles. The molecule has 3 heteroatoms. The summed E-state index contributed by atoms with van der Waals surface area (Å²) in [6, 6.07) is 15.7. The van der Waals surface area contributed by atoms with Gasteiger partial charge in [0.05, 0.1) is 6.42 Å². The van der Waals surface area contributed by atoms with Crippen LogP contribution in [0, 0.1) is 6.92 Å². The van der Waals surface area contributed by atoms with Crippen LogP contribution in [-0.2, 0) is 17.6 Å². The number of carbonyl (C=O) groups is 1. The van der Waals surface area contributed by atoms with Crippen molar-refractivity contribution in [3.8, 4) is 0 Å². The molecule has 116 valence electrons. The highest BCUT2D eigenvalue weighted by Gasteiger charge is 2.21. The molecule has 3 N–H and O–H groups in total. The van der Waals surface area contributed by atoms with Crippen molar-refractivity contribution >= 4 is 11.6 Å². The molecule has 0 aromatic heterocycles. The molecule has 0 fully saturated rings. The second-order valence-electron chi connectivity index (χ2n) is 6.45. The number of rotatable bonds is 5. The van der Waals surface area contributed by atoms with Gasteiger partial charge >= 0.3 is 0 Å². The lowest BCUT2D eigenvalue weighted by Crippen LogP contribution is -2.45. The van der Waals surface area contributed by atoms with Gasteiger partial charge in [0.25, 0.3) is 0 Å². The van der Waals surface area contributed by atoms with Crippen molar-refractivity contribution in [1.29, 1.82) is 0 Å². The smallest absolute Gasteiger partial charge is 0.224 e. The zero-order chi connectivity index (χ0) is 16.2. The molecule has 0 heterocycles. The lowest BCUT2D eigenvalue weighted by molar-refractivity contribution is -0.122. The summed E-state index contributed by atoms with van der Waals surface area (Å²) in [5, 5.41) is 3.12. The quantitative estimate of drug-likeness (QED) is 0.832. The van der Waals surface area contributed by atoms with Crippen LogP contribution in [0.1, 0.15) is 30.5 Å². The molecule has 0 bridgehead atoms. The minimum Gasteiger partial charge on any atom is -0.399 e. The molecule has 0 unspecified atom stereocenters. The summed E-state index contributed by atoms with van der Waals surface area (Å²) < 4.78 is 0. The largest absolute Gasteiger partial charge is 0.399 e. The molecule has 2 aromatic rings. The summed E-state index contributed by atoms with van der Waals surface area (Å²) in [6.07, 6.45) is 1.19. The number of hydrogen-bond donors (Lipinski definition) is 2. The Morgan fingerprint density at radius 2 is 1.73 bits per heavy atom. The summed E-state index contributed by atoms with van der Waals surface area (Å²) in [4.78, 5) is 12.2. The third-order valence-electron chi connectivity index (χ3n) is 3.72. The molecule has 2 rings (SSSR count). The molecule has 3 nitrogen and oxygen atoms in total. The topological polar surface area (TPSA) is 55.1 Å². The van der Waals surface area contributed by atoms with Gasteiger partial charge in [-0.25, -0.2) is 0 Å². The van der Waals surface area contributed by atoms with Crippen LogP contribution in [0.3, 0.4) is 0 Å². The molecule has 0 radical (unpaired) electrons. The number of nitrogen functional groups attached to an aromatic ring is 1. The average Bonchev–Trinajstić information content (AvgIpc) is 2.43. The predicted molar refractivity (Wildman–Crippen MR) is 91.7 cm³/mol. The lowest BCUT2D eigenvalue weighted by Gasteiger charge is -2.27. The first-order chi connectivity index (χ1) is 10.4. The van der Waals surface area contributed by atoms with Gasteiger partial charge in [-0.3, -0.25) is 4.79 Å². The number of hydrogen-bond acceptors (Lipinski definition) is 2. The van der Waals surface area contributed by atoms with Crippen LogP contribution in [0.5, 0.6) is 0 Å². The summed E-state index contributed by atoms with van der Waals surface area (Å²) in [7, 11) is 0. The van der Waals surface area contributed by atoms with E-state index in [1.165, 1.54) is 11.1 Å². The normalized spacial score (nSPS) is 11.2. The SMILES string of the molecule is Cc1ccccc1CC(C)(C)NC(=O)Cc1ccc(N)cc1. The molecule has 2 aromatic carbocycles. The summed E-state index contributed by atoms with van der Waals surface area (Å²) in [5.41, 5.74) is 9.58. The lowest BCUT2D eigenvalue weighted by atomic mass is 9.92. The maximum atomic E-state index is 12.2. The Morgan fingerprint density at radius 3 is 2.36 bits per heavy atom. The number of aryl methyl sites for hydroxylation is 1. The summed E-state index contributed by atoms with van der Waals surface area (Å²) >= 11 is 0. The van der Waals surface area contributed by atoms with Crippen LogP contribution in [0.4, 0.5) is 5.69 Å². The second kappa shape index (κ2) is 6.65. The highest BCUT2D eigenvalue weighted by Crippen LogP contribution is 2.16. The number of amides is 1. The number of nitrogens with two attached hydrogens (primary N) is 1. The Labute approximate surface area is 132 Å². The molecule has 22 heavy (non-hydrogen) atoms. The maximum absolute atomic E-state index is 12.2. The molecule has 0 spiro atoms. The van der Waals surface area contributed by atoms with E-state index in [1.54, 1.807) is 0 Å². The third-order valence-corrected chi connectivity index (χ3v) is 3.72. The molecular formula is C19H24N2O. The van der Waals surface area contributed by atoms with E-state index in [1.807, 2.05) is 36.4 Å². The Balaban J connectivity index is 1.97. The number of carbonyl (C=O) groups excluding carboxylic acids is 1. The minimum atomic E-state index is -0.281. The van der Waals surface area contributed by atoms with Gasteiger partial charge in [-0.15, -0.1) is 0 Å². The van der Waals surface area contributed by atoms with Gasteiger partial charge < -0.3 is 11.1 Å². The van der Waals surface area contributed by atoms with Crippen LogP contribution in [0.15, 0.2) is 48.5 Å². The van der Waals surface area contributed by atoms with E-state index in [4.69, 9.17) is 5.73 Å². The van der Waals surface area contributed by atoms with E-state index < -0.39 is 0 Å². The molecule has 0 aliphatic heterocycles. The zero-order valence-electron chi connectivity index (χ0n) is 13.5. The van der Waals surface area contributed by atoms with E-state index in [-0.39, 0.29) is 11.4 Å². The average molecular weight is 296 g/mol. The highest BCUT2D eigenvalue weighted by molar-refractivity contribution is 5.79. The van der Waals surface area contributed by atoms with E-state index >= 15 is 0 Å². The minimum absolute atomic E-state index is 0.0309. The molecule has 1 amide bonds. The van der Waals surface area contributed by atoms with E-state index in [9.17, 15) is 4.79 Å². The van der Waals surface area contributed by atoms with Crippen LogP contribution < -0.4 is 11.1 Å². The van der Waals surface area contributed by atoms with Gasteiger partial charge in [0, 0.05) is 11.2 Å². The molecule has 0 saturated heterocycles. The number of nitrogens with one attached hydrogen (secondary N) is 1. The highest BCUT2D eigenvalue weighted by atomic mass is 16.1. The Bertz CT molecular complexity index is 645. The van der Waals surface area contributed by atoms with Gasteiger partial charge in [-0.05, 0) is 56.0 Å². The first-order valence-corrected chi connectivity index (χ1v) is 7.56.